The van der Waals surface area contributed by atoms with E-state index >= 15 is 0 Å². The average molecular weight is 287 g/mol. The van der Waals surface area contributed by atoms with E-state index in [-0.39, 0.29) is 5.56 Å². The lowest BCUT2D eigenvalue weighted by molar-refractivity contribution is 0.0634. The predicted octanol–water partition coefficient (Wildman–Crippen LogP) is 3.89. The van der Waals surface area contributed by atoms with Gasteiger partial charge in [0.25, 0.3) is 0 Å². The van der Waals surface area contributed by atoms with Gasteiger partial charge in [-0.25, -0.2) is 9.59 Å². The van der Waals surface area contributed by atoms with Crippen LogP contribution in [0.15, 0.2) is 36.4 Å². The lowest BCUT2D eigenvalue weighted by Crippen LogP contribution is -2.27. The molecule has 0 spiro atoms. The molecule has 0 atom stereocenters. The van der Waals surface area contributed by atoms with Crippen LogP contribution in [0.25, 0.3) is 10.8 Å². The number of amides is 1. The van der Waals surface area contributed by atoms with Gasteiger partial charge < -0.3 is 9.84 Å². The monoisotopic (exact) mass is 287 g/mol. The average Bonchev–Trinajstić information content (AvgIpc) is 2.35. The van der Waals surface area contributed by atoms with Gasteiger partial charge in [0.1, 0.15) is 5.60 Å². The van der Waals surface area contributed by atoms with Crippen LogP contribution in [0.4, 0.5) is 10.5 Å². The van der Waals surface area contributed by atoms with Gasteiger partial charge in [0, 0.05) is 5.69 Å². The summed E-state index contributed by atoms with van der Waals surface area (Å²) < 4.78 is 5.17. The van der Waals surface area contributed by atoms with E-state index in [0.29, 0.717) is 11.1 Å². The number of benzene rings is 2. The molecule has 0 fully saturated rings. The van der Waals surface area contributed by atoms with E-state index in [9.17, 15) is 9.59 Å². The number of carboxylic acids is 1. The first-order chi connectivity index (χ1) is 9.76. The van der Waals surface area contributed by atoms with Crippen LogP contribution in [-0.4, -0.2) is 22.8 Å². The molecular weight excluding hydrogens is 270 g/mol. The number of hydrogen-bond donors (Lipinski definition) is 2. The minimum absolute atomic E-state index is 0.233. The lowest BCUT2D eigenvalue weighted by atomic mass is 10.0. The zero-order valence-electron chi connectivity index (χ0n) is 12.1. The van der Waals surface area contributed by atoms with Gasteiger partial charge in [0.15, 0.2) is 0 Å². The number of fused-ring (bicyclic) bond motifs is 1. The van der Waals surface area contributed by atoms with Gasteiger partial charge in [-0.05, 0) is 49.7 Å². The number of anilines is 1. The summed E-state index contributed by atoms with van der Waals surface area (Å²) in [4.78, 5) is 22.9. The minimum Gasteiger partial charge on any atom is -0.478 e. The number of aromatic carboxylic acids is 1. The summed E-state index contributed by atoms with van der Waals surface area (Å²) in [5.41, 5.74) is 0.216. The molecule has 0 aromatic heterocycles. The van der Waals surface area contributed by atoms with E-state index in [1.54, 1.807) is 57.2 Å². The van der Waals surface area contributed by atoms with Crippen LogP contribution >= 0.6 is 0 Å². The highest BCUT2D eigenvalue weighted by atomic mass is 16.6. The number of ether oxygens (including phenoxy) is 1. The smallest absolute Gasteiger partial charge is 0.412 e. The number of hydrogen-bond acceptors (Lipinski definition) is 3. The molecule has 0 heterocycles. The molecular formula is C16H17NO4. The second-order valence-corrected chi connectivity index (χ2v) is 5.67. The van der Waals surface area contributed by atoms with Gasteiger partial charge in [-0.1, -0.05) is 18.2 Å². The van der Waals surface area contributed by atoms with Gasteiger partial charge in [-0.3, -0.25) is 5.32 Å². The summed E-state index contributed by atoms with van der Waals surface area (Å²) in [5.74, 6) is -0.978. The lowest BCUT2D eigenvalue weighted by Gasteiger charge is -2.19. The highest BCUT2D eigenvalue weighted by Crippen LogP contribution is 2.23. The van der Waals surface area contributed by atoms with E-state index in [4.69, 9.17) is 9.84 Å². The van der Waals surface area contributed by atoms with Crippen molar-refractivity contribution in [3.63, 3.8) is 0 Å². The summed E-state index contributed by atoms with van der Waals surface area (Å²) in [5, 5.41) is 13.1. The molecule has 0 aliphatic carbocycles. The van der Waals surface area contributed by atoms with Crippen LogP contribution in [0, 0.1) is 0 Å². The van der Waals surface area contributed by atoms with E-state index in [1.807, 2.05) is 0 Å². The Labute approximate surface area is 122 Å². The maximum atomic E-state index is 11.7. The third-order valence-corrected chi connectivity index (χ3v) is 2.76. The Kier molecular flexibility index (Phi) is 3.84. The molecule has 2 rings (SSSR count). The maximum absolute atomic E-state index is 11.7. The quantitative estimate of drug-likeness (QED) is 0.878. The van der Waals surface area contributed by atoms with Crippen molar-refractivity contribution in [1.29, 1.82) is 0 Å². The van der Waals surface area contributed by atoms with Crippen LogP contribution < -0.4 is 5.32 Å². The molecule has 0 bridgehead atoms. The molecule has 0 saturated heterocycles. The molecule has 1 amide bonds. The Morgan fingerprint density at radius 2 is 1.86 bits per heavy atom. The van der Waals surface area contributed by atoms with Gasteiger partial charge in [0.2, 0.25) is 0 Å². The minimum atomic E-state index is -0.978. The van der Waals surface area contributed by atoms with Crippen molar-refractivity contribution < 1.29 is 19.4 Å². The number of carbonyl (C=O) groups is 2. The topological polar surface area (TPSA) is 75.6 Å². The van der Waals surface area contributed by atoms with Crippen molar-refractivity contribution in [3.05, 3.63) is 42.0 Å². The van der Waals surface area contributed by atoms with Gasteiger partial charge >= 0.3 is 12.1 Å². The van der Waals surface area contributed by atoms with E-state index in [2.05, 4.69) is 5.32 Å². The molecule has 0 aliphatic rings. The van der Waals surface area contributed by atoms with E-state index in [1.165, 1.54) is 0 Å². The van der Waals surface area contributed by atoms with Gasteiger partial charge in [0.05, 0.1) is 5.56 Å². The van der Waals surface area contributed by atoms with Crippen LogP contribution in [0.3, 0.4) is 0 Å². The Morgan fingerprint density at radius 3 is 2.48 bits per heavy atom. The first-order valence-electron chi connectivity index (χ1n) is 6.52. The van der Waals surface area contributed by atoms with Crippen molar-refractivity contribution in [2.45, 2.75) is 26.4 Å². The Morgan fingerprint density at radius 1 is 1.14 bits per heavy atom. The summed E-state index contributed by atoms with van der Waals surface area (Å²) in [6, 6.07) is 10.0. The summed E-state index contributed by atoms with van der Waals surface area (Å²) >= 11 is 0. The molecule has 0 aliphatic heterocycles. The number of carbonyl (C=O) groups excluding carboxylic acids is 1. The first-order valence-corrected chi connectivity index (χ1v) is 6.52. The van der Waals surface area contributed by atoms with Crippen LogP contribution in [-0.2, 0) is 4.74 Å². The number of rotatable bonds is 2. The van der Waals surface area contributed by atoms with Crippen molar-refractivity contribution >= 4 is 28.5 Å². The zero-order valence-corrected chi connectivity index (χ0v) is 12.1. The highest BCUT2D eigenvalue weighted by molar-refractivity contribution is 6.04. The third-order valence-electron chi connectivity index (χ3n) is 2.76. The Balaban J connectivity index is 2.28. The molecule has 0 radical (unpaired) electrons. The SMILES string of the molecule is CC(C)(C)OC(=O)Nc1ccc2c(C(=O)O)cccc2c1. The van der Waals surface area contributed by atoms with Crippen molar-refractivity contribution in [2.24, 2.45) is 0 Å². The third kappa shape index (κ3) is 3.72. The molecule has 5 nitrogen and oxygen atoms in total. The van der Waals surface area contributed by atoms with E-state index in [0.717, 1.165) is 5.39 Å². The van der Waals surface area contributed by atoms with Gasteiger partial charge in [-0.15, -0.1) is 0 Å². The van der Waals surface area contributed by atoms with Crippen molar-refractivity contribution in [3.8, 4) is 0 Å². The number of nitrogens with one attached hydrogen (secondary N) is 1. The van der Waals surface area contributed by atoms with Crippen LogP contribution in [0.1, 0.15) is 31.1 Å². The summed E-state index contributed by atoms with van der Waals surface area (Å²) in [6.07, 6.45) is -0.545. The standard InChI is InChI=1S/C16H17NO4/c1-16(2,3)21-15(20)17-11-7-8-12-10(9-11)5-4-6-13(12)14(18)19/h4-9H,1-3H3,(H,17,20)(H,18,19). The second kappa shape index (κ2) is 5.44. The molecule has 2 N–H and O–H groups in total. The Hall–Kier alpha value is -2.56. The fourth-order valence-corrected chi connectivity index (χ4v) is 1.97. The zero-order chi connectivity index (χ0) is 15.6. The van der Waals surface area contributed by atoms with E-state index < -0.39 is 17.7 Å². The molecule has 110 valence electrons. The molecule has 2 aromatic rings. The second-order valence-electron chi connectivity index (χ2n) is 5.67. The normalized spacial score (nSPS) is 11.2. The molecule has 0 saturated carbocycles. The van der Waals surface area contributed by atoms with Crippen LogP contribution in [0.5, 0.6) is 0 Å². The molecule has 0 unspecified atom stereocenters. The summed E-state index contributed by atoms with van der Waals surface area (Å²) in [6.45, 7) is 5.35. The largest absolute Gasteiger partial charge is 0.478 e. The first kappa shape index (κ1) is 14.8. The maximum Gasteiger partial charge on any atom is 0.412 e. The number of carboxylic acid groups (broad SMARTS) is 1. The predicted molar refractivity (Wildman–Crippen MR) is 80.8 cm³/mol. The fraction of sp³-hybridized carbons (Fsp3) is 0.250. The van der Waals surface area contributed by atoms with Gasteiger partial charge in [-0.2, -0.15) is 0 Å². The van der Waals surface area contributed by atoms with Crippen molar-refractivity contribution in [2.75, 3.05) is 5.32 Å². The van der Waals surface area contributed by atoms with Crippen molar-refractivity contribution in [1.82, 2.24) is 0 Å². The highest BCUT2D eigenvalue weighted by Gasteiger charge is 2.16. The van der Waals surface area contributed by atoms with Crippen LogP contribution in [0.2, 0.25) is 0 Å². The fourth-order valence-electron chi connectivity index (χ4n) is 1.97. The summed E-state index contributed by atoms with van der Waals surface area (Å²) in [7, 11) is 0. The molecule has 5 heteroatoms. The Bertz CT molecular complexity index is 701. The molecule has 21 heavy (non-hydrogen) atoms. The molecule has 2 aromatic carbocycles.